The first-order chi connectivity index (χ1) is 13.8. The molecule has 1 saturated heterocycles. The number of carbonyl (C=O) groups is 4. The van der Waals surface area contributed by atoms with E-state index < -0.39 is 17.7 Å². The predicted molar refractivity (Wildman–Crippen MR) is 111 cm³/mol. The molecule has 0 spiro atoms. The highest BCUT2D eigenvalue weighted by atomic mass is 16.2. The molecule has 1 heterocycles. The minimum Gasteiger partial charge on any atom is -0.349 e. The molecule has 2 rings (SSSR count). The zero-order valence-electron chi connectivity index (χ0n) is 18.2. The second-order valence-corrected chi connectivity index (χ2v) is 8.98. The molecule has 0 aromatic rings. The lowest BCUT2D eigenvalue weighted by molar-refractivity contribution is -0.143. The molecule has 7 nitrogen and oxygen atoms in total. The Bertz CT molecular complexity index is 579. The number of Topliss-reactive ketones (excluding diaryl/α,β-unsaturated/α-hetero) is 1. The highest BCUT2D eigenvalue weighted by Crippen LogP contribution is 2.23. The van der Waals surface area contributed by atoms with Crippen molar-refractivity contribution in [2.45, 2.75) is 71.8 Å². The van der Waals surface area contributed by atoms with E-state index in [1.54, 1.807) is 6.92 Å². The molecule has 0 aromatic heterocycles. The van der Waals surface area contributed by atoms with Gasteiger partial charge in [0.2, 0.25) is 18.1 Å². The van der Waals surface area contributed by atoms with E-state index in [1.165, 1.54) is 24.2 Å². The Morgan fingerprint density at radius 2 is 1.62 bits per heavy atom. The number of rotatable bonds is 9. The standard InChI is InChI=1S/C22H37N3O4/c1-16(2)22(29)24-11-9-19(10-12-24)14-25(15-26)17(3)20(27)21(28)23-13-18-7-5-4-6-8-18/h15-19H,4-14H2,1-3H3,(H,23,28). The molecule has 1 saturated carbocycles. The van der Waals surface area contributed by atoms with Crippen LogP contribution in [-0.2, 0) is 19.2 Å². The minimum atomic E-state index is -0.769. The second kappa shape index (κ2) is 11.3. The minimum absolute atomic E-state index is 0.0113. The third-order valence-electron chi connectivity index (χ3n) is 6.40. The first-order valence-corrected chi connectivity index (χ1v) is 11.1. The van der Waals surface area contributed by atoms with Gasteiger partial charge in [0.1, 0.15) is 0 Å². The van der Waals surface area contributed by atoms with Crippen LogP contribution < -0.4 is 5.32 Å². The molecule has 0 radical (unpaired) electrons. The molecule has 1 atom stereocenters. The predicted octanol–water partition coefficient (Wildman–Crippen LogP) is 1.99. The van der Waals surface area contributed by atoms with E-state index in [4.69, 9.17) is 0 Å². The van der Waals surface area contributed by atoms with Gasteiger partial charge in [0.15, 0.2) is 0 Å². The van der Waals surface area contributed by atoms with E-state index in [0.29, 0.717) is 38.5 Å². The fraction of sp³-hybridized carbons (Fsp3) is 0.818. The molecular formula is C22H37N3O4. The van der Waals surface area contributed by atoms with Gasteiger partial charge in [0.25, 0.3) is 5.91 Å². The van der Waals surface area contributed by atoms with Crippen LogP contribution in [0.15, 0.2) is 0 Å². The zero-order chi connectivity index (χ0) is 21.4. The van der Waals surface area contributed by atoms with Crippen molar-refractivity contribution >= 4 is 24.0 Å². The average Bonchev–Trinajstić information content (AvgIpc) is 2.75. The molecular weight excluding hydrogens is 370 g/mol. The number of carbonyl (C=O) groups excluding carboxylic acids is 4. The molecule has 7 heteroatoms. The third-order valence-corrected chi connectivity index (χ3v) is 6.40. The monoisotopic (exact) mass is 407 g/mol. The summed E-state index contributed by atoms with van der Waals surface area (Å²) >= 11 is 0. The summed E-state index contributed by atoms with van der Waals surface area (Å²) in [6, 6.07) is -0.769. The molecule has 0 aromatic carbocycles. The number of likely N-dealkylation sites (tertiary alicyclic amines) is 1. The normalized spacial score (nSPS) is 19.7. The van der Waals surface area contributed by atoms with E-state index >= 15 is 0 Å². The number of hydrogen-bond acceptors (Lipinski definition) is 4. The first kappa shape index (κ1) is 23.4. The van der Waals surface area contributed by atoms with Gasteiger partial charge >= 0.3 is 0 Å². The van der Waals surface area contributed by atoms with Gasteiger partial charge in [-0.15, -0.1) is 0 Å². The Morgan fingerprint density at radius 3 is 2.17 bits per heavy atom. The van der Waals surface area contributed by atoms with Crippen LogP contribution in [0.1, 0.15) is 65.7 Å². The maximum atomic E-state index is 12.5. The van der Waals surface area contributed by atoms with E-state index in [9.17, 15) is 19.2 Å². The molecule has 164 valence electrons. The molecule has 2 aliphatic rings. The number of hydrogen-bond donors (Lipinski definition) is 1. The van der Waals surface area contributed by atoms with Crippen LogP contribution in [0.2, 0.25) is 0 Å². The van der Waals surface area contributed by atoms with Crippen molar-refractivity contribution in [1.82, 2.24) is 15.1 Å². The van der Waals surface area contributed by atoms with Crippen molar-refractivity contribution in [2.24, 2.45) is 17.8 Å². The van der Waals surface area contributed by atoms with Crippen molar-refractivity contribution in [1.29, 1.82) is 0 Å². The summed E-state index contributed by atoms with van der Waals surface area (Å²) in [5.41, 5.74) is 0. The summed E-state index contributed by atoms with van der Waals surface area (Å²) in [6.45, 7) is 7.76. The topological polar surface area (TPSA) is 86.8 Å². The summed E-state index contributed by atoms with van der Waals surface area (Å²) < 4.78 is 0. The van der Waals surface area contributed by atoms with Gasteiger partial charge in [-0.25, -0.2) is 0 Å². The molecule has 1 unspecified atom stereocenters. The van der Waals surface area contributed by atoms with E-state index in [0.717, 1.165) is 25.7 Å². The van der Waals surface area contributed by atoms with E-state index in [-0.39, 0.29) is 17.7 Å². The summed E-state index contributed by atoms with van der Waals surface area (Å²) in [7, 11) is 0. The van der Waals surface area contributed by atoms with Crippen LogP contribution in [0.5, 0.6) is 0 Å². The second-order valence-electron chi connectivity index (χ2n) is 8.98. The Kier molecular flexibility index (Phi) is 9.11. The third kappa shape index (κ3) is 6.82. The van der Waals surface area contributed by atoms with Gasteiger partial charge in [-0.05, 0) is 44.4 Å². The maximum Gasteiger partial charge on any atom is 0.289 e. The smallest absolute Gasteiger partial charge is 0.289 e. The summed E-state index contributed by atoms with van der Waals surface area (Å²) in [6.07, 6.45) is 8.10. The van der Waals surface area contributed by atoms with Crippen molar-refractivity contribution in [2.75, 3.05) is 26.2 Å². The highest BCUT2D eigenvalue weighted by Gasteiger charge is 2.30. The van der Waals surface area contributed by atoms with Gasteiger partial charge in [-0.3, -0.25) is 19.2 Å². The van der Waals surface area contributed by atoms with E-state index in [1.807, 2.05) is 18.7 Å². The lowest BCUT2D eigenvalue weighted by Crippen LogP contribution is -2.49. The van der Waals surface area contributed by atoms with Crippen LogP contribution in [-0.4, -0.2) is 66.0 Å². The summed E-state index contributed by atoms with van der Waals surface area (Å²) in [4.78, 5) is 51.8. The van der Waals surface area contributed by atoms with Gasteiger partial charge in [0.05, 0.1) is 6.04 Å². The molecule has 0 bridgehead atoms. The largest absolute Gasteiger partial charge is 0.349 e. The zero-order valence-corrected chi connectivity index (χ0v) is 18.2. The molecule has 29 heavy (non-hydrogen) atoms. The van der Waals surface area contributed by atoms with Crippen molar-refractivity contribution in [3.63, 3.8) is 0 Å². The van der Waals surface area contributed by atoms with Crippen LogP contribution in [0.25, 0.3) is 0 Å². The molecule has 1 aliphatic heterocycles. The van der Waals surface area contributed by atoms with Crippen LogP contribution in [0.3, 0.4) is 0 Å². The van der Waals surface area contributed by atoms with Gasteiger partial charge < -0.3 is 15.1 Å². The first-order valence-electron chi connectivity index (χ1n) is 11.1. The molecule has 2 fully saturated rings. The quantitative estimate of drug-likeness (QED) is 0.468. The lowest BCUT2D eigenvalue weighted by atomic mass is 9.89. The Hall–Kier alpha value is -1.92. The van der Waals surface area contributed by atoms with Crippen LogP contribution >= 0.6 is 0 Å². The van der Waals surface area contributed by atoms with Gasteiger partial charge in [-0.2, -0.15) is 0 Å². The molecule has 1 aliphatic carbocycles. The summed E-state index contributed by atoms with van der Waals surface area (Å²) in [5, 5.41) is 2.77. The maximum absolute atomic E-state index is 12.5. The van der Waals surface area contributed by atoms with Crippen LogP contribution in [0, 0.1) is 17.8 Å². The van der Waals surface area contributed by atoms with Crippen molar-refractivity contribution < 1.29 is 19.2 Å². The Morgan fingerprint density at radius 1 is 1.00 bits per heavy atom. The number of ketones is 1. The fourth-order valence-electron chi connectivity index (χ4n) is 4.35. The fourth-order valence-corrected chi connectivity index (χ4v) is 4.35. The molecule has 3 amide bonds. The van der Waals surface area contributed by atoms with Gasteiger partial charge in [-0.1, -0.05) is 33.1 Å². The average molecular weight is 408 g/mol. The number of nitrogens with zero attached hydrogens (tertiary/aromatic N) is 2. The number of piperidine rings is 1. The highest BCUT2D eigenvalue weighted by molar-refractivity contribution is 6.38. The Labute approximate surface area is 174 Å². The van der Waals surface area contributed by atoms with Gasteiger partial charge in [0, 0.05) is 32.1 Å². The van der Waals surface area contributed by atoms with Crippen molar-refractivity contribution in [3.8, 4) is 0 Å². The van der Waals surface area contributed by atoms with Crippen molar-refractivity contribution in [3.05, 3.63) is 0 Å². The Balaban J connectivity index is 1.79. The number of amides is 3. The lowest BCUT2D eigenvalue weighted by Gasteiger charge is -2.35. The molecule has 1 N–H and O–H groups in total. The van der Waals surface area contributed by atoms with Crippen LogP contribution in [0.4, 0.5) is 0 Å². The summed E-state index contributed by atoms with van der Waals surface area (Å²) in [5.74, 6) is -0.307. The number of nitrogens with one attached hydrogen (secondary N) is 1. The van der Waals surface area contributed by atoms with E-state index in [2.05, 4.69) is 5.32 Å². The SMILES string of the molecule is CC(C)C(=O)N1CCC(CN(C=O)C(C)C(=O)C(=O)NCC2CCCCC2)CC1.